The van der Waals surface area contributed by atoms with E-state index in [1.54, 1.807) is 0 Å². The first-order chi connectivity index (χ1) is 6.88. The van der Waals surface area contributed by atoms with E-state index >= 15 is 0 Å². The first kappa shape index (κ1) is 11.8. The molecule has 0 saturated heterocycles. The van der Waals surface area contributed by atoms with Crippen LogP contribution in [0.15, 0.2) is 17.3 Å². The third-order valence-electron chi connectivity index (χ3n) is 1.62. The molecule has 0 fully saturated rings. The Morgan fingerprint density at radius 3 is 2.40 bits per heavy atom. The van der Waals surface area contributed by atoms with Gasteiger partial charge >= 0.3 is 6.18 Å². The second-order valence-electron chi connectivity index (χ2n) is 2.56. The van der Waals surface area contributed by atoms with Gasteiger partial charge in [0.2, 0.25) is 0 Å². The van der Waals surface area contributed by atoms with Crippen LogP contribution in [0.25, 0.3) is 0 Å². The fraction of sp³-hybridized carbons (Fsp3) is 0.125. The zero-order chi connectivity index (χ0) is 11.6. The molecule has 0 aliphatic heterocycles. The van der Waals surface area contributed by atoms with Crippen LogP contribution in [0.2, 0.25) is 5.02 Å². The first-order valence-corrected chi connectivity index (χ1v) is 3.98. The lowest BCUT2D eigenvalue weighted by molar-refractivity contribution is -0.137. The van der Waals surface area contributed by atoms with Crippen molar-refractivity contribution >= 4 is 17.8 Å². The van der Waals surface area contributed by atoms with E-state index in [2.05, 4.69) is 5.16 Å². The van der Waals surface area contributed by atoms with Crippen molar-refractivity contribution in [2.24, 2.45) is 5.16 Å². The number of nitrogens with zero attached hydrogens (tertiary/aromatic N) is 1. The fourth-order valence-corrected chi connectivity index (χ4v) is 1.16. The molecule has 0 atom stereocenters. The molecule has 1 N–H and O–H groups in total. The van der Waals surface area contributed by atoms with Gasteiger partial charge in [0.25, 0.3) is 0 Å². The van der Waals surface area contributed by atoms with E-state index in [-0.39, 0.29) is 0 Å². The number of benzene rings is 1. The summed E-state index contributed by atoms with van der Waals surface area (Å²) in [7, 11) is 0. The molecule has 1 rings (SSSR count). The molecule has 82 valence electrons. The minimum atomic E-state index is -4.73. The van der Waals surface area contributed by atoms with Gasteiger partial charge in [-0.25, -0.2) is 4.39 Å². The molecule has 0 saturated carbocycles. The van der Waals surface area contributed by atoms with Crippen molar-refractivity contribution in [3.05, 3.63) is 34.1 Å². The van der Waals surface area contributed by atoms with Crippen molar-refractivity contribution in [2.75, 3.05) is 0 Å². The van der Waals surface area contributed by atoms with Gasteiger partial charge in [0, 0.05) is 5.56 Å². The lowest BCUT2D eigenvalue weighted by Gasteiger charge is -2.10. The van der Waals surface area contributed by atoms with Gasteiger partial charge in [-0.2, -0.15) is 13.2 Å². The summed E-state index contributed by atoms with van der Waals surface area (Å²) in [5.74, 6) is -1.27. The number of oxime groups is 1. The maximum absolute atomic E-state index is 13.1. The second-order valence-corrected chi connectivity index (χ2v) is 2.97. The van der Waals surface area contributed by atoms with Crippen LogP contribution in [0.1, 0.15) is 11.1 Å². The van der Waals surface area contributed by atoms with Crippen LogP contribution in [0.5, 0.6) is 0 Å². The molecule has 1 aromatic rings. The normalized spacial score (nSPS) is 12.3. The Bertz CT molecular complexity index is 402. The third kappa shape index (κ3) is 2.38. The van der Waals surface area contributed by atoms with Gasteiger partial charge in [-0.15, -0.1) is 0 Å². The number of rotatable bonds is 1. The molecule has 15 heavy (non-hydrogen) atoms. The molecule has 0 amide bonds. The van der Waals surface area contributed by atoms with Gasteiger partial charge < -0.3 is 5.21 Å². The van der Waals surface area contributed by atoms with Crippen molar-refractivity contribution in [1.82, 2.24) is 0 Å². The van der Waals surface area contributed by atoms with Crippen LogP contribution in [0.4, 0.5) is 17.6 Å². The van der Waals surface area contributed by atoms with E-state index in [0.717, 1.165) is 6.07 Å². The molecule has 1 aromatic carbocycles. The van der Waals surface area contributed by atoms with Crippen LogP contribution in [-0.2, 0) is 6.18 Å². The first-order valence-electron chi connectivity index (χ1n) is 3.60. The van der Waals surface area contributed by atoms with Crippen molar-refractivity contribution in [2.45, 2.75) is 6.18 Å². The zero-order valence-electron chi connectivity index (χ0n) is 7.02. The standard InChI is InChI=1S/C8H4ClF4NO/c9-6-2-1-5(8(11,12)13)4(3-14-15)7(6)10/h1-3,15H/b14-3+. The molecular formula is C8H4ClF4NO. The minimum absolute atomic E-state index is 0.351. The Labute approximate surface area is 86.8 Å². The highest BCUT2D eigenvalue weighted by atomic mass is 35.5. The Morgan fingerprint density at radius 2 is 1.93 bits per heavy atom. The summed E-state index contributed by atoms with van der Waals surface area (Å²) < 4.78 is 50.1. The number of hydrogen-bond acceptors (Lipinski definition) is 2. The Balaban J connectivity index is 3.47. The monoisotopic (exact) mass is 241 g/mol. The highest BCUT2D eigenvalue weighted by Crippen LogP contribution is 2.34. The molecular weight excluding hydrogens is 238 g/mol. The molecule has 7 heteroatoms. The summed E-state index contributed by atoms with van der Waals surface area (Å²) in [6.45, 7) is 0. The Hall–Kier alpha value is -1.30. The fourth-order valence-electron chi connectivity index (χ4n) is 0.997. The summed E-state index contributed by atoms with van der Waals surface area (Å²) >= 11 is 5.29. The van der Waals surface area contributed by atoms with E-state index in [1.165, 1.54) is 0 Å². The maximum Gasteiger partial charge on any atom is 0.417 e. The lowest BCUT2D eigenvalue weighted by Crippen LogP contribution is -2.10. The average molecular weight is 242 g/mol. The van der Waals surface area contributed by atoms with Crippen molar-refractivity contribution in [1.29, 1.82) is 0 Å². The largest absolute Gasteiger partial charge is 0.417 e. The summed E-state index contributed by atoms with van der Waals surface area (Å²) in [4.78, 5) is 0. The number of halogens is 5. The van der Waals surface area contributed by atoms with Gasteiger partial charge in [0.05, 0.1) is 16.8 Å². The predicted octanol–water partition coefficient (Wildman–Crippen LogP) is 3.31. The number of alkyl halides is 3. The van der Waals surface area contributed by atoms with E-state index < -0.39 is 28.1 Å². The minimum Gasteiger partial charge on any atom is -0.411 e. The van der Waals surface area contributed by atoms with E-state index in [0.29, 0.717) is 12.3 Å². The SMILES string of the molecule is O/N=C/c1c(C(F)(F)F)ccc(Cl)c1F. The molecule has 2 nitrogen and oxygen atoms in total. The number of hydrogen-bond donors (Lipinski definition) is 1. The van der Waals surface area contributed by atoms with Crippen LogP contribution < -0.4 is 0 Å². The second kappa shape index (κ2) is 4.06. The maximum atomic E-state index is 13.1. The van der Waals surface area contributed by atoms with Crippen LogP contribution in [0, 0.1) is 5.82 Å². The topological polar surface area (TPSA) is 32.6 Å². The summed E-state index contributed by atoms with van der Waals surface area (Å²) in [6, 6.07) is 1.40. The molecule has 0 spiro atoms. The van der Waals surface area contributed by atoms with Crippen LogP contribution in [0.3, 0.4) is 0 Å². The van der Waals surface area contributed by atoms with Gasteiger partial charge in [0.1, 0.15) is 0 Å². The van der Waals surface area contributed by atoms with E-state index in [1.807, 2.05) is 0 Å². The summed E-state index contributed by atoms with van der Waals surface area (Å²) in [6.07, 6.45) is -4.38. The van der Waals surface area contributed by atoms with Gasteiger partial charge in [0.15, 0.2) is 5.82 Å². The van der Waals surface area contributed by atoms with Crippen molar-refractivity contribution < 1.29 is 22.8 Å². The molecule has 0 bridgehead atoms. The molecule has 0 aromatic heterocycles. The highest BCUT2D eigenvalue weighted by Gasteiger charge is 2.34. The summed E-state index contributed by atoms with van der Waals surface area (Å²) in [5.41, 5.74) is -2.14. The quantitative estimate of drug-likeness (QED) is 0.348. The third-order valence-corrected chi connectivity index (χ3v) is 1.92. The van der Waals surface area contributed by atoms with Crippen LogP contribution >= 0.6 is 11.6 Å². The molecule has 0 aliphatic carbocycles. The molecule has 0 heterocycles. The molecule has 0 aliphatic rings. The van der Waals surface area contributed by atoms with Gasteiger partial charge in [-0.05, 0) is 12.1 Å². The highest BCUT2D eigenvalue weighted by molar-refractivity contribution is 6.31. The lowest BCUT2D eigenvalue weighted by atomic mass is 10.1. The van der Waals surface area contributed by atoms with E-state index in [4.69, 9.17) is 16.8 Å². The summed E-state index contributed by atoms with van der Waals surface area (Å²) in [5, 5.41) is 10.0. The van der Waals surface area contributed by atoms with Crippen molar-refractivity contribution in [3.8, 4) is 0 Å². The van der Waals surface area contributed by atoms with Crippen LogP contribution in [-0.4, -0.2) is 11.4 Å². The van der Waals surface area contributed by atoms with Crippen molar-refractivity contribution in [3.63, 3.8) is 0 Å². The van der Waals surface area contributed by atoms with Gasteiger partial charge in [-0.3, -0.25) is 0 Å². The van der Waals surface area contributed by atoms with Gasteiger partial charge in [-0.1, -0.05) is 16.8 Å². The zero-order valence-corrected chi connectivity index (χ0v) is 7.77. The average Bonchev–Trinajstić information content (AvgIpc) is 2.11. The Morgan fingerprint density at radius 1 is 1.33 bits per heavy atom. The molecule has 0 unspecified atom stereocenters. The van der Waals surface area contributed by atoms with E-state index in [9.17, 15) is 17.6 Å². The smallest absolute Gasteiger partial charge is 0.411 e. The molecule has 0 radical (unpaired) electrons. The predicted molar refractivity (Wildman–Crippen MR) is 45.8 cm³/mol. The Kier molecular flexibility index (Phi) is 3.18.